The Labute approximate surface area is 157 Å². The smallest absolute Gasteiger partial charge is 0.0145 e. The molecule has 0 bridgehead atoms. The summed E-state index contributed by atoms with van der Waals surface area (Å²) >= 11 is 0. The van der Waals surface area contributed by atoms with Crippen molar-refractivity contribution in [1.29, 1.82) is 0 Å². The predicted octanol–water partition coefficient (Wildman–Crippen LogP) is 8.03. The van der Waals surface area contributed by atoms with Gasteiger partial charge in [0.05, 0.1) is 0 Å². The molecule has 0 heterocycles. The minimum absolute atomic E-state index is 0.445. The summed E-state index contributed by atoms with van der Waals surface area (Å²) in [4.78, 5) is 0. The van der Waals surface area contributed by atoms with Crippen molar-refractivity contribution in [3.63, 3.8) is 0 Å². The SMILES string of the molecule is C=C1CCC=C(C)CCC=C(C)C=C[C@H]2[C@@H](C(C)C)CC[C@]2(C)CC1. The number of hydrogen-bond acceptors (Lipinski definition) is 0. The first-order chi connectivity index (χ1) is 11.8. The molecule has 0 spiro atoms. The molecule has 2 aliphatic carbocycles. The van der Waals surface area contributed by atoms with Gasteiger partial charge in [-0.05, 0) is 88.4 Å². The van der Waals surface area contributed by atoms with E-state index in [0.717, 1.165) is 24.7 Å². The maximum atomic E-state index is 4.38. The Morgan fingerprint density at radius 1 is 1.04 bits per heavy atom. The zero-order valence-corrected chi connectivity index (χ0v) is 17.4. The normalized spacial score (nSPS) is 32.6. The molecule has 0 aromatic heterocycles. The highest BCUT2D eigenvalue weighted by Gasteiger charge is 2.44. The van der Waals surface area contributed by atoms with Crippen LogP contribution in [-0.4, -0.2) is 0 Å². The Kier molecular flexibility index (Phi) is 7.35. The minimum Gasteiger partial charge on any atom is -0.0999 e. The highest BCUT2D eigenvalue weighted by molar-refractivity contribution is 5.20. The highest BCUT2D eigenvalue weighted by atomic mass is 14.5. The van der Waals surface area contributed by atoms with E-state index in [-0.39, 0.29) is 0 Å². The quantitative estimate of drug-likeness (QED) is 0.424. The lowest BCUT2D eigenvalue weighted by molar-refractivity contribution is 0.198. The van der Waals surface area contributed by atoms with Crippen LogP contribution in [0.3, 0.4) is 0 Å². The van der Waals surface area contributed by atoms with Crippen LogP contribution in [0.5, 0.6) is 0 Å². The second-order valence-corrected chi connectivity index (χ2v) is 9.31. The maximum Gasteiger partial charge on any atom is -0.0145 e. The van der Waals surface area contributed by atoms with Gasteiger partial charge in [-0.1, -0.05) is 68.4 Å². The molecule has 0 aromatic rings. The third-order valence-electron chi connectivity index (χ3n) is 6.78. The van der Waals surface area contributed by atoms with E-state index in [1.807, 2.05) is 0 Å². The molecule has 140 valence electrons. The predicted molar refractivity (Wildman–Crippen MR) is 113 cm³/mol. The number of allylic oxidation sites excluding steroid dienone is 7. The molecule has 1 fully saturated rings. The number of rotatable bonds is 1. The second kappa shape index (κ2) is 9.06. The molecule has 2 rings (SSSR count). The molecule has 2 aliphatic rings. The van der Waals surface area contributed by atoms with Gasteiger partial charge in [0.25, 0.3) is 0 Å². The van der Waals surface area contributed by atoms with Crippen molar-refractivity contribution in [3.8, 4) is 0 Å². The Hall–Kier alpha value is -1.04. The first-order valence-electron chi connectivity index (χ1n) is 10.5. The van der Waals surface area contributed by atoms with E-state index in [1.165, 1.54) is 55.2 Å². The molecule has 3 atom stereocenters. The van der Waals surface area contributed by atoms with Crippen LogP contribution in [0.15, 0.2) is 47.6 Å². The van der Waals surface area contributed by atoms with E-state index < -0.39 is 0 Å². The summed E-state index contributed by atoms with van der Waals surface area (Å²) in [7, 11) is 0. The topological polar surface area (TPSA) is 0 Å². The van der Waals surface area contributed by atoms with E-state index in [1.54, 1.807) is 0 Å². The average molecular weight is 341 g/mol. The molecule has 0 unspecified atom stereocenters. The van der Waals surface area contributed by atoms with Crippen LogP contribution < -0.4 is 0 Å². The van der Waals surface area contributed by atoms with Crippen LogP contribution in [-0.2, 0) is 0 Å². The van der Waals surface area contributed by atoms with Gasteiger partial charge < -0.3 is 0 Å². The second-order valence-electron chi connectivity index (χ2n) is 9.31. The van der Waals surface area contributed by atoms with Gasteiger partial charge in [-0.2, -0.15) is 0 Å². The molecular formula is C25H40. The largest absolute Gasteiger partial charge is 0.0999 e. The molecule has 25 heavy (non-hydrogen) atoms. The van der Waals surface area contributed by atoms with Gasteiger partial charge in [0.1, 0.15) is 0 Å². The molecule has 1 saturated carbocycles. The zero-order chi connectivity index (χ0) is 18.4. The van der Waals surface area contributed by atoms with Crippen LogP contribution >= 0.6 is 0 Å². The molecule has 0 nitrogen and oxygen atoms in total. The third-order valence-corrected chi connectivity index (χ3v) is 6.78. The van der Waals surface area contributed by atoms with Crippen LogP contribution in [0.4, 0.5) is 0 Å². The van der Waals surface area contributed by atoms with Gasteiger partial charge >= 0.3 is 0 Å². The lowest BCUT2D eigenvalue weighted by Gasteiger charge is -2.34. The van der Waals surface area contributed by atoms with E-state index in [9.17, 15) is 0 Å². The minimum atomic E-state index is 0.445. The van der Waals surface area contributed by atoms with E-state index in [4.69, 9.17) is 0 Å². The molecule has 0 saturated heterocycles. The van der Waals surface area contributed by atoms with Gasteiger partial charge in [-0.15, -0.1) is 0 Å². The first kappa shape index (κ1) is 20.3. The van der Waals surface area contributed by atoms with Crippen molar-refractivity contribution in [3.05, 3.63) is 47.6 Å². The summed E-state index contributed by atoms with van der Waals surface area (Å²) < 4.78 is 0. The summed E-state index contributed by atoms with van der Waals surface area (Å²) in [5, 5.41) is 0. The highest BCUT2D eigenvalue weighted by Crippen LogP contribution is 2.53. The molecule has 0 amide bonds. The summed E-state index contributed by atoms with van der Waals surface area (Å²) in [5.41, 5.74) is 4.86. The lowest BCUT2D eigenvalue weighted by Crippen LogP contribution is -2.26. The van der Waals surface area contributed by atoms with E-state index in [2.05, 4.69) is 65.5 Å². The first-order valence-corrected chi connectivity index (χ1v) is 10.5. The van der Waals surface area contributed by atoms with Gasteiger partial charge in [0.2, 0.25) is 0 Å². The fourth-order valence-electron chi connectivity index (χ4n) is 4.84. The summed E-state index contributed by atoms with van der Waals surface area (Å²) in [6.45, 7) is 16.3. The average Bonchev–Trinajstić information content (AvgIpc) is 2.87. The molecule has 0 aliphatic heterocycles. The summed E-state index contributed by atoms with van der Waals surface area (Å²) in [6.07, 6.45) is 19.8. The van der Waals surface area contributed by atoms with Gasteiger partial charge in [0, 0.05) is 0 Å². The van der Waals surface area contributed by atoms with Crippen molar-refractivity contribution >= 4 is 0 Å². The molecular weight excluding hydrogens is 300 g/mol. The van der Waals surface area contributed by atoms with Crippen molar-refractivity contribution in [1.82, 2.24) is 0 Å². The monoisotopic (exact) mass is 340 g/mol. The number of hydrogen-bond donors (Lipinski definition) is 0. The van der Waals surface area contributed by atoms with Crippen LogP contribution in [0.2, 0.25) is 0 Å². The van der Waals surface area contributed by atoms with Crippen LogP contribution in [0.25, 0.3) is 0 Å². The summed E-state index contributed by atoms with van der Waals surface area (Å²) in [5.74, 6) is 2.33. The van der Waals surface area contributed by atoms with E-state index in [0.29, 0.717) is 11.3 Å². The molecule has 0 N–H and O–H groups in total. The Morgan fingerprint density at radius 3 is 2.48 bits per heavy atom. The third kappa shape index (κ3) is 5.73. The van der Waals surface area contributed by atoms with Crippen LogP contribution in [0, 0.1) is 23.2 Å². The fourth-order valence-corrected chi connectivity index (χ4v) is 4.84. The van der Waals surface area contributed by atoms with Crippen molar-refractivity contribution in [2.75, 3.05) is 0 Å². The Balaban J connectivity index is 2.24. The fraction of sp³-hybridized carbons (Fsp3) is 0.680. The standard InChI is InChI=1S/C25H40/c1-19(2)23-16-18-25(6)17-15-22(5)12-8-10-20(3)9-7-11-21(4)13-14-24(23)25/h10-11,13-14,19,23-24H,5,7-9,12,15-18H2,1-4,6H3/t23-,24+,25+/m1/s1. The van der Waals surface area contributed by atoms with Gasteiger partial charge in [-0.3, -0.25) is 0 Å². The molecule has 0 heteroatoms. The number of fused-ring (bicyclic) bond motifs is 1. The van der Waals surface area contributed by atoms with Gasteiger partial charge in [-0.25, -0.2) is 0 Å². The Morgan fingerprint density at radius 2 is 1.76 bits per heavy atom. The van der Waals surface area contributed by atoms with Crippen molar-refractivity contribution in [2.45, 2.75) is 86.0 Å². The van der Waals surface area contributed by atoms with Gasteiger partial charge in [0.15, 0.2) is 0 Å². The zero-order valence-electron chi connectivity index (χ0n) is 17.4. The summed E-state index contributed by atoms with van der Waals surface area (Å²) in [6, 6.07) is 0. The van der Waals surface area contributed by atoms with E-state index >= 15 is 0 Å². The maximum absolute atomic E-state index is 4.38. The molecule has 0 radical (unpaired) electrons. The lowest BCUT2D eigenvalue weighted by atomic mass is 9.71. The Bertz CT molecular complexity index is 542. The van der Waals surface area contributed by atoms with Crippen molar-refractivity contribution in [2.24, 2.45) is 23.2 Å². The molecule has 0 aromatic carbocycles. The van der Waals surface area contributed by atoms with Crippen molar-refractivity contribution < 1.29 is 0 Å². The van der Waals surface area contributed by atoms with Crippen LogP contribution in [0.1, 0.15) is 86.0 Å².